The number of amides is 1. The first-order valence-electron chi connectivity index (χ1n) is 11.7. The van der Waals surface area contributed by atoms with Crippen LogP contribution in [0.25, 0.3) is 16.8 Å². The highest BCUT2D eigenvalue weighted by molar-refractivity contribution is 6.01. The Labute approximate surface area is 214 Å². The largest absolute Gasteiger partial charge is 0.493 e. The number of hydrogen-bond acceptors (Lipinski definition) is 6. The quantitative estimate of drug-likeness (QED) is 0.262. The van der Waals surface area contributed by atoms with Gasteiger partial charge in [-0.05, 0) is 57.8 Å². The molecule has 0 unspecified atom stereocenters. The predicted octanol–water partition coefficient (Wildman–Crippen LogP) is 5.38. The second-order valence-electron chi connectivity index (χ2n) is 8.38. The number of carbonyl (C=O) groups is 1. The molecule has 1 heterocycles. The number of rotatable bonds is 8. The van der Waals surface area contributed by atoms with Crippen molar-refractivity contribution in [1.82, 2.24) is 5.32 Å². The van der Waals surface area contributed by atoms with Gasteiger partial charge in [-0.3, -0.25) is 4.79 Å². The molecule has 4 aromatic carbocycles. The molecule has 4 aromatic rings. The summed E-state index contributed by atoms with van der Waals surface area (Å²) >= 11 is 0. The normalized spacial score (nSPS) is 12.2. The van der Waals surface area contributed by atoms with Crippen molar-refractivity contribution >= 4 is 22.8 Å². The summed E-state index contributed by atoms with van der Waals surface area (Å²) < 4.78 is 22.3. The summed E-state index contributed by atoms with van der Waals surface area (Å²) in [5.41, 5.74) is 2.52. The van der Waals surface area contributed by atoms with Crippen LogP contribution in [-0.4, -0.2) is 19.8 Å². The summed E-state index contributed by atoms with van der Waals surface area (Å²) in [6.45, 7) is 0.806. The number of carbonyl (C=O) groups excluding carboxylic acids is 1. The van der Waals surface area contributed by atoms with Gasteiger partial charge >= 0.3 is 0 Å². The Morgan fingerprint density at radius 1 is 1.00 bits per heavy atom. The van der Waals surface area contributed by atoms with Crippen LogP contribution in [0.3, 0.4) is 0 Å². The van der Waals surface area contributed by atoms with Crippen LogP contribution in [0.5, 0.6) is 23.0 Å². The van der Waals surface area contributed by atoms with E-state index in [0.29, 0.717) is 35.2 Å². The molecule has 0 saturated heterocycles. The van der Waals surface area contributed by atoms with Crippen LogP contribution in [-0.2, 0) is 17.9 Å². The fourth-order valence-electron chi connectivity index (χ4n) is 4.11. The minimum absolute atomic E-state index is 0.0211. The SMILES string of the molecule is COc1cc(/C=C(\C#N)C(=O)NCc2ccc3c(c2)OCO3)ccc1OCc1cccc2ccccc12. The maximum absolute atomic E-state index is 12.7. The topological polar surface area (TPSA) is 89.8 Å². The number of nitriles is 1. The van der Waals surface area contributed by atoms with Crippen molar-refractivity contribution < 1.29 is 23.7 Å². The van der Waals surface area contributed by atoms with Crippen molar-refractivity contribution in [2.24, 2.45) is 0 Å². The van der Waals surface area contributed by atoms with E-state index < -0.39 is 5.91 Å². The Hall–Kier alpha value is -4.96. The molecule has 7 heteroatoms. The Bertz CT molecular complexity index is 1530. The zero-order valence-electron chi connectivity index (χ0n) is 20.2. The van der Waals surface area contributed by atoms with E-state index in [-0.39, 0.29) is 18.9 Å². The Balaban J connectivity index is 1.27. The molecule has 0 saturated carbocycles. The van der Waals surface area contributed by atoms with E-state index in [1.54, 1.807) is 37.4 Å². The summed E-state index contributed by atoms with van der Waals surface area (Å²) in [6, 6.07) is 27.0. The van der Waals surface area contributed by atoms with Gasteiger partial charge in [0.2, 0.25) is 6.79 Å². The number of ether oxygens (including phenoxy) is 4. The number of nitrogens with one attached hydrogen (secondary N) is 1. The lowest BCUT2D eigenvalue weighted by Gasteiger charge is -2.13. The molecule has 0 bridgehead atoms. The smallest absolute Gasteiger partial charge is 0.262 e. The average molecular weight is 493 g/mol. The Morgan fingerprint density at radius 3 is 2.70 bits per heavy atom. The number of hydrogen-bond donors (Lipinski definition) is 1. The van der Waals surface area contributed by atoms with Gasteiger partial charge < -0.3 is 24.3 Å². The molecule has 1 aliphatic heterocycles. The van der Waals surface area contributed by atoms with Gasteiger partial charge in [0, 0.05) is 6.54 Å². The molecule has 1 aliphatic rings. The minimum Gasteiger partial charge on any atom is -0.493 e. The average Bonchev–Trinajstić information content (AvgIpc) is 3.41. The molecule has 0 fully saturated rings. The van der Waals surface area contributed by atoms with Gasteiger partial charge in [0.15, 0.2) is 23.0 Å². The summed E-state index contributed by atoms with van der Waals surface area (Å²) in [5.74, 6) is 1.91. The fourth-order valence-corrected chi connectivity index (χ4v) is 4.11. The number of methoxy groups -OCH3 is 1. The third kappa shape index (κ3) is 5.34. The molecule has 0 aliphatic carbocycles. The molecular formula is C30H24N2O5. The summed E-state index contributed by atoms with van der Waals surface area (Å²) in [7, 11) is 1.55. The minimum atomic E-state index is -0.476. The van der Waals surface area contributed by atoms with E-state index in [9.17, 15) is 10.1 Å². The van der Waals surface area contributed by atoms with Gasteiger partial charge in [-0.1, -0.05) is 54.6 Å². The molecule has 0 radical (unpaired) electrons. The Kier molecular flexibility index (Phi) is 6.91. The van der Waals surface area contributed by atoms with Crippen molar-refractivity contribution in [2.75, 3.05) is 13.9 Å². The van der Waals surface area contributed by atoms with Crippen molar-refractivity contribution in [3.8, 4) is 29.1 Å². The van der Waals surface area contributed by atoms with E-state index in [2.05, 4.69) is 23.5 Å². The van der Waals surface area contributed by atoms with E-state index in [0.717, 1.165) is 21.9 Å². The van der Waals surface area contributed by atoms with Gasteiger partial charge in [-0.15, -0.1) is 0 Å². The van der Waals surface area contributed by atoms with Crippen molar-refractivity contribution in [1.29, 1.82) is 5.26 Å². The maximum Gasteiger partial charge on any atom is 0.262 e. The lowest BCUT2D eigenvalue weighted by atomic mass is 10.1. The molecule has 7 nitrogen and oxygen atoms in total. The monoisotopic (exact) mass is 492 g/mol. The molecular weight excluding hydrogens is 468 g/mol. The first-order chi connectivity index (χ1) is 18.1. The third-order valence-electron chi connectivity index (χ3n) is 6.02. The van der Waals surface area contributed by atoms with Crippen LogP contribution in [0, 0.1) is 11.3 Å². The van der Waals surface area contributed by atoms with E-state index in [4.69, 9.17) is 18.9 Å². The molecule has 1 N–H and O–H groups in total. The summed E-state index contributed by atoms with van der Waals surface area (Å²) in [4.78, 5) is 12.7. The molecule has 37 heavy (non-hydrogen) atoms. The van der Waals surface area contributed by atoms with Gasteiger partial charge in [0.1, 0.15) is 18.2 Å². The number of benzene rings is 4. The van der Waals surface area contributed by atoms with E-state index in [1.165, 1.54) is 6.08 Å². The highest BCUT2D eigenvalue weighted by Gasteiger charge is 2.15. The zero-order chi connectivity index (χ0) is 25.6. The zero-order valence-corrected chi connectivity index (χ0v) is 20.2. The Morgan fingerprint density at radius 2 is 1.84 bits per heavy atom. The van der Waals surface area contributed by atoms with Crippen LogP contribution < -0.4 is 24.3 Å². The van der Waals surface area contributed by atoms with Gasteiger partial charge in [-0.25, -0.2) is 0 Å². The lowest BCUT2D eigenvalue weighted by Crippen LogP contribution is -2.23. The van der Waals surface area contributed by atoms with Crippen molar-refractivity contribution in [2.45, 2.75) is 13.2 Å². The second kappa shape index (κ2) is 10.8. The first kappa shape index (κ1) is 23.8. The molecule has 184 valence electrons. The maximum atomic E-state index is 12.7. The fraction of sp³-hybridized carbons (Fsp3) is 0.133. The highest BCUT2D eigenvalue weighted by Crippen LogP contribution is 2.33. The van der Waals surface area contributed by atoms with Crippen molar-refractivity contribution in [3.63, 3.8) is 0 Å². The standard InChI is InChI=1S/C30H24N2O5/c1-34-28-14-20(9-11-26(28)35-18-23-7-4-6-22-5-2-3-8-25(22)23)13-24(16-31)30(33)32-17-21-10-12-27-29(15-21)37-19-36-27/h2-15H,17-19H2,1H3,(H,32,33)/b24-13+. The van der Waals surface area contributed by atoms with E-state index in [1.807, 2.05) is 36.4 Å². The van der Waals surface area contributed by atoms with Crippen molar-refractivity contribution in [3.05, 3.63) is 101 Å². The van der Waals surface area contributed by atoms with Gasteiger partial charge in [0.25, 0.3) is 5.91 Å². The highest BCUT2D eigenvalue weighted by atomic mass is 16.7. The third-order valence-corrected chi connectivity index (χ3v) is 6.02. The van der Waals surface area contributed by atoms with Crippen LogP contribution in [0.2, 0.25) is 0 Å². The molecule has 5 rings (SSSR count). The van der Waals surface area contributed by atoms with Crippen LogP contribution in [0.1, 0.15) is 16.7 Å². The summed E-state index contributed by atoms with van der Waals surface area (Å²) in [5, 5.41) is 14.6. The second-order valence-corrected chi connectivity index (χ2v) is 8.38. The van der Waals surface area contributed by atoms with Gasteiger partial charge in [0.05, 0.1) is 7.11 Å². The molecule has 1 amide bonds. The van der Waals surface area contributed by atoms with Crippen LogP contribution in [0.15, 0.2) is 84.4 Å². The molecule has 0 atom stereocenters. The lowest BCUT2D eigenvalue weighted by molar-refractivity contribution is -0.117. The predicted molar refractivity (Wildman–Crippen MR) is 139 cm³/mol. The molecule has 0 spiro atoms. The van der Waals surface area contributed by atoms with Crippen LogP contribution >= 0.6 is 0 Å². The summed E-state index contributed by atoms with van der Waals surface area (Å²) in [6.07, 6.45) is 1.52. The number of fused-ring (bicyclic) bond motifs is 2. The van der Waals surface area contributed by atoms with Gasteiger partial charge in [-0.2, -0.15) is 5.26 Å². The van der Waals surface area contributed by atoms with Crippen LogP contribution in [0.4, 0.5) is 0 Å². The molecule has 0 aromatic heterocycles. The van der Waals surface area contributed by atoms with E-state index >= 15 is 0 Å². The first-order valence-corrected chi connectivity index (χ1v) is 11.7. The number of nitrogens with zero attached hydrogens (tertiary/aromatic N) is 1.